The van der Waals surface area contributed by atoms with Crippen molar-refractivity contribution in [2.45, 2.75) is 17.9 Å². The second kappa shape index (κ2) is 7.10. The maximum Gasteiger partial charge on any atom is 0.119 e. The lowest BCUT2D eigenvalue weighted by Crippen LogP contribution is -2.22. The fourth-order valence-corrected chi connectivity index (χ4v) is 2.15. The summed E-state index contributed by atoms with van der Waals surface area (Å²) in [6.45, 7) is 2.85. The average Bonchev–Trinajstić information content (AvgIpc) is 2.47. The van der Waals surface area contributed by atoms with Crippen LogP contribution in [0.4, 0.5) is 5.69 Å². The number of benzene rings is 2. The van der Waals surface area contributed by atoms with E-state index >= 15 is 0 Å². The molecule has 2 aromatic rings. The third kappa shape index (κ3) is 4.52. The van der Waals surface area contributed by atoms with Gasteiger partial charge in [-0.2, -0.15) is 0 Å². The average molecular weight is 273 g/mol. The molecule has 0 aliphatic heterocycles. The van der Waals surface area contributed by atoms with Gasteiger partial charge in [0.05, 0.1) is 6.54 Å². The molecule has 2 nitrogen and oxygen atoms in total. The SMILES string of the molecule is CSc1ccc(OC(C)CNc2ccccc2)cc1. The van der Waals surface area contributed by atoms with Gasteiger partial charge in [0.2, 0.25) is 0 Å². The zero-order valence-electron chi connectivity index (χ0n) is 11.3. The molecular weight excluding hydrogens is 254 g/mol. The van der Waals surface area contributed by atoms with Crippen molar-refractivity contribution in [2.75, 3.05) is 18.1 Å². The second-order valence-electron chi connectivity index (χ2n) is 4.35. The standard InChI is InChI=1S/C16H19NOS/c1-13(12-17-14-6-4-3-5-7-14)18-15-8-10-16(19-2)11-9-15/h3-11,13,17H,12H2,1-2H3. The molecule has 2 rings (SSSR count). The highest BCUT2D eigenvalue weighted by molar-refractivity contribution is 7.98. The molecule has 0 amide bonds. The third-order valence-corrected chi connectivity index (χ3v) is 3.51. The molecule has 1 atom stereocenters. The van der Waals surface area contributed by atoms with E-state index in [1.807, 2.05) is 30.3 Å². The number of para-hydroxylation sites is 1. The normalized spacial score (nSPS) is 11.9. The predicted octanol–water partition coefficient (Wildman–Crippen LogP) is 4.29. The molecule has 0 fully saturated rings. The van der Waals surface area contributed by atoms with Crippen LogP contribution in [0.2, 0.25) is 0 Å². The van der Waals surface area contributed by atoms with Gasteiger partial charge in [-0.1, -0.05) is 18.2 Å². The number of anilines is 1. The van der Waals surface area contributed by atoms with E-state index in [0.717, 1.165) is 18.0 Å². The van der Waals surface area contributed by atoms with Crippen molar-refractivity contribution in [3.05, 3.63) is 54.6 Å². The summed E-state index contributed by atoms with van der Waals surface area (Å²) in [7, 11) is 0. The fourth-order valence-electron chi connectivity index (χ4n) is 1.75. The molecule has 0 saturated heterocycles. The van der Waals surface area contributed by atoms with Crippen LogP contribution in [-0.4, -0.2) is 18.9 Å². The highest BCUT2D eigenvalue weighted by atomic mass is 32.2. The van der Waals surface area contributed by atoms with Crippen LogP contribution in [0.5, 0.6) is 5.75 Å². The first-order chi connectivity index (χ1) is 9.28. The summed E-state index contributed by atoms with van der Waals surface area (Å²) in [6, 6.07) is 18.4. The Labute approximate surface area is 119 Å². The van der Waals surface area contributed by atoms with Crippen LogP contribution in [0.15, 0.2) is 59.5 Å². The highest BCUT2D eigenvalue weighted by Gasteiger charge is 2.03. The number of hydrogen-bond donors (Lipinski definition) is 1. The smallest absolute Gasteiger partial charge is 0.119 e. The van der Waals surface area contributed by atoms with E-state index in [1.165, 1.54) is 4.90 Å². The molecule has 0 aliphatic rings. The molecule has 0 aromatic heterocycles. The first-order valence-electron chi connectivity index (χ1n) is 6.37. The van der Waals surface area contributed by atoms with Crippen molar-refractivity contribution in [1.82, 2.24) is 0 Å². The van der Waals surface area contributed by atoms with Crippen LogP contribution in [0, 0.1) is 0 Å². The third-order valence-electron chi connectivity index (χ3n) is 2.76. The summed E-state index contributed by atoms with van der Waals surface area (Å²) >= 11 is 1.74. The maximum atomic E-state index is 5.86. The Balaban J connectivity index is 1.82. The number of hydrogen-bond acceptors (Lipinski definition) is 3. The molecule has 2 aromatic carbocycles. The lowest BCUT2D eigenvalue weighted by Gasteiger charge is -2.16. The van der Waals surface area contributed by atoms with Gasteiger partial charge in [0.15, 0.2) is 0 Å². The van der Waals surface area contributed by atoms with Crippen LogP contribution in [0.1, 0.15) is 6.92 Å². The molecule has 1 N–H and O–H groups in total. The predicted molar refractivity (Wildman–Crippen MR) is 83.2 cm³/mol. The van der Waals surface area contributed by atoms with Crippen molar-refractivity contribution < 1.29 is 4.74 Å². The molecule has 0 radical (unpaired) electrons. The lowest BCUT2D eigenvalue weighted by molar-refractivity contribution is 0.234. The van der Waals surface area contributed by atoms with Gasteiger partial charge in [-0.15, -0.1) is 11.8 Å². The fraction of sp³-hybridized carbons (Fsp3) is 0.250. The Hall–Kier alpha value is -1.61. The van der Waals surface area contributed by atoms with Crippen molar-refractivity contribution in [1.29, 1.82) is 0 Å². The zero-order valence-corrected chi connectivity index (χ0v) is 12.1. The molecule has 0 bridgehead atoms. The topological polar surface area (TPSA) is 21.3 Å². The van der Waals surface area contributed by atoms with Crippen LogP contribution in [0.25, 0.3) is 0 Å². The van der Waals surface area contributed by atoms with Crippen LogP contribution in [0.3, 0.4) is 0 Å². The van der Waals surface area contributed by atoms with E-state index in [9.17, 15) is 0 Å². The molecule has 0 heterocycles. The number of ether oxygens (including phenoxy) is 1. The van der Waals surface area contributed by atoms with Gasteiger partial charge in [-0.3, -0.25) is 0 Å². The van der Waals surface area contributed by atoms with E-state index in [1.54, 1.807) is 11.8 Å². The summed E-state index contributed by atoms with van der Waals surface area (Å²) in [5.74, 6) is 0.917. The highest BCUT2D eigenvalue weighted by Crippen LogP contribution is 2.19. The zero-order chi connectivity index (χ0) is 13.5. The summed E-state index contributed by atoms with van der Waals surface area (Å²) in [5, 5.41) is 3.36. The molecule has 1 unspecified atom stereocenters. The molecule has 3 heteroatoms. The first-order valence-corrected chi connectivity index (χ1v) is 7.60. The maximum absolute atomic E-state index is 5.86. The first kappa shape index (κ1) is 13.8. The van der Waals surface area contributed by atoms with E-state index in [2.05, 4.69) is 42.8 Å². The molecular formula is C16H19NOS. The van der Waals surface area contributed by atoms with Gasteiger partial charge in [0.25, 0.3) is 0 Å². The Bertz CT molecular complexity index is 484. The van der Waals surface area contributed by atoms with Gasteiger partial charge in [-0.25, -0.2) is 0 Å². The van der Waals surface area contributed by atoms with Crippen molar-refractivity contribution >= 4 is 17.4 Å². The van der Waals surface area contributed by atoms with E-state index in [-0.39, 0.29) is 6.10 Å². The molecule has 19 heavy (non-hydrogen) atoms. The van der Waals surface area contributed by atoms with Gasteiger partial charge < -0.3 is 10.1 Å². The Morgan fingerprint density at radius 3 is 2.37 bits per heavy atom. The quantitative estimate of drug-likeness (QED) is 0.793. The largest absolute Gasteiger partial charge is 0.489 e. The molecule has 0 aliphatic carbocycles. The van der Waals surface area contributed by atoms with Crippen molar-refractivity contribution in [2.24, 2.45) is 0 Å². The van der Waals surface area contributed by atoms with Crippen molar-refractivity contribution in [3.63, 3.8) is 0 Å². The Morgan fingerprint density at radius 1 is 1.05 bits per heavy atom. The van der Waals surface area contributed by atoms with Gasteiger partial charge in [0.1, 0.15) is 11.9 Å². The minimum Gasteiger partial charge on any atom is -0.489 e. The van der Waals surface area contributed by atoms with Gasteiger partial charge >= 0.3 is 0 Å². The van der Waals surface area contributed by atoms with E-state index in [4.69, 9.17) is 4.74 Å². The van der Waals surface area contributed by atoms with Crippen LogP contribution < -0.4 is 10.1 Å². The van der Waals surface area contributed by atoms with Crippen molar-refractivity contribution in [3.8, 4) is 5.75 Å². The monoisotopic (exact) mass is 273 g/mol. The molecule has 0 saturated carbocycles. The summed E-state index contributed by atoms with van der Waals surface area (Å²) in [6.07, 6.45) is 2.20. The van der Waals surface area contributed by atoms with E-state index < -0.39 is 0 Å². The van der Waals surface area contributed by atoms with Gasteiger partial charge in [-0.05, 0) is 49.6 Å². The summed E-state index contributed by atoms with van der Waals surface area (Å²) in [5.41, 5.74) is 1.12. The van der Waals surface area contributed by atoms with Gasteiger partial charge in [0, 0.05) is 10.6 Å². The number of thioether (sulfide) groups is 1. The lowest BCUT2D eigenvalue weighted by atomic mass is 10.3. The van der Waals surface area contributed by atoms with Crippen LogP contribution >= 0.6 is 11.8 Å². The molecule has 0 spiro atoms. The summed E-state index contributed by atoms with van der Waals surface area (Å²) in [4.78, 5) is 1.25. The minimum atomic E-state index is 0.125. The number of rotatable bonds is 6. The Morgan fingerprint density at radius 2 is 1.74 bits per heavy atom. The van der Waals surface area contributed by atoms with E-state index in [0.29, 0.717) is 0 Å². The minimum absolute atomic E-state index is 0.125. The number of nitrogens with one attached hydrogen (secondary N) is 1. The summed E-state index contributed by atoms with van der Waals surface area (Å²) < 4.78 is 5.86. The Kier molecular flexibility index (Phi) is 5.16. The van der Waals surface area contributed by atoms with Crippen LogP contribution in [-0.2, 0) is 0 Å². The second-order valence-corrected chi connectivity index (χ2v) is 5.23. The molecule has 100 valence electrons.